The highest BCUT2D eigenvalue weighted by atomic mass is 16.3. The van der Waals surface area contributed by atoms with Gasteiger partial charge >= 0.3 is 0 Å². The molecule has 0 saturated carbocycles. The molecule has 0 N–H and O–H groups in total. The summed E-state index contributed by atoms with van der Waals surface area (Å²) in [5.41, 5.74) is 11.9. The Morgan fingerprint density at radius 1 is 0.558 bits per heavy atom. The van der Waals surface area contributed by atoms with E-state index in [4.69, 9.17) is 4.42 Å². The molecule has 0 radical (unpaired) electrons. The van der Waals surface area contributed by atoms with Crippen molar-refractivity contribution in [1.82, 2.24) is 0 Å². The predicted molar refractivity (Wildman–Crippen MR) is 220 cm³/mol. The molecule has 2 nitrogen and oxygen atoms in total. The first-order chi connectivity index (χ1) is 25.4. The fourth-order valence-electron chi connectivity index (χ4n) is 9.16. The second kappa shape index (κ2) is 10.7. The lowest BCUT2D eigenvalue weighted by molar-refractivity contribution is 0.591. The number of para-hydroxylation sites is 3. The van der Waals surface area contributed by atoms with E-state index in [-0.39, 0.29) is 11.5 Å². The Bertz CT molecular complexity index is 2930. The van der Waals surface area contributed by atoms with Gasteiger partial charge in [0.05, 0.1) is 6.04 Å². The van der Waals surface area contributed by atoms with E-state index >= 15 is 0 Å². The van der Waals surface area contributed by atoms with Crippen LogP contribution in [0.4, 0.5) is 11.4 Å². The first kappa shape index (κ1) is 29.6. The zero-order chi connectivity index (χ0) is 34.7. The Labute approximate surface area is 303 Å². The van der Waals surface area contributed by atoms with Crippen LogP contribution in [0.5, 0.6) is 0 Å². The summed E-state index contributed by atoms with van der Waals surface area (Å²) in [6, 6.07) is 50.0. The normalized spacial score (nSPS) is 16.9. The second-order valence-electron chi connectivity index (χ2n) is 15.7. The summed E-state index contributed by atoms with van der Waals surface area (Å²) in [6.45, 7) is 6.90. The molecular weight excluding hydrogens is 631 g/mol. The number of furan rings is 1. The highest BCUT2D eigenvalue weighted by Crippen LogP contribution is 2.50. The molecule has 2 aliphatic rings. The summed E-state index contributed by atoms with van der Waals surface area (Å²) in [7, 11) is 0. The molecule has 9 aromatic rings. The number of nitrogens with zero attached hydrogens (tertiary/aromatic N) is 1. The number of rotatable bonds is 3. The van der Waals surface area contributed by atoms with Crippen LogP contribution < -0.4 is 4.90 Å². The second-order valence-corrected chi connectivity index (χ2v) is 15.7. The summed E-state index contributed by atoms with van der Waals surface area (Å²) in [6.07, 6.45) is 9.06. The van der Waals surface area contributed by atoms with Gasteiger partial charge in [-0.05, 0) is 95.9 Å². The first-order valence-electron chi connectivity index (χ1n) is 18.4. The van der Waals surface area contributed by atoms with E-state index in [1.165, 1.54) is 71.5 Å². The molecule has 2 atom stereocenters. The lowest BCUT2D eigenvalue weighted by Gasteiger charge is -2.29. The summed E-state index contributed by atoms with van der Waals surface area (Å²) < 4.78 is 6.66. The Kier molecular flexibility index (Phi) is 6.09. The van der Waals surface area contributed by atoms with E-state index < -0.39 is 0 Å². The number of anilines is 2. The van der Waals surface area contributed by atoms with Crippen LogP contribution in [0.1, 0.15) is 37.8 Å². The van der Waals surface area contributed by atoms with Crippen molar-refractivity contribution in [1.29, 1.82) is 0 Å². The molecule has 52 heavy (non-hydrogen) atoms. The van der Waals surface area contributed by atoms with Crippen molar-refractivity contribution in [2.24, 2.45) is 0 Å². The van der Waals surface area contributed by atoms with Crippen molar-refractivity contribution < 1.29 is 4.42 Å². The molecule has 0 spiro atoms. The van der Waals surface area contributed by atoms with Gasteiger partial charge in [0, 0.05) is 33.6 Å². The number of hydrogen-bond acceptors (Lipinski definition) is 2. The first-order valence-corrected chi connectivity index (χ1v) is 18.4. The summed E-state index contributed by atoms with van der Waals surface area (Å²) in [4.78, 5) is 2.51. The predicted octanol–water partition coefficient (Wildman–Crippen LogP) is 13.8. The summed E-state index contributed by atoms with van der Waals surface area (Å²) in [5, 5.41) is 10.0. The topological polar surface area (TPSA) is 16.4 Å². The average Bonchev–Trinajstić information content (AvgIpc) is 3.72. The van der Waals surface area contributed by atoms with Crippen molar-refractivity contribution in [3.05, 3.63) is 169 Å². The van der Waals surface area contributed by atoms with Crippen LogP contribution in [0.3, 0.4) is 0 Å². The summed E-state index contributed by atoms with van der Waals surface area (Å²) in [5.74, 6) is 0.362. The lowest BCUT2D eigenvalue weighted by atomic mass is 9.81. The quantitative estimate of drug-likeness (QED) is 0.174. The molecule has 1 aliphatic carbocycles. The molecule has 0 saturated heterocycles. The Balaban J connectivity index is 1.16. The molecule has 248 valence electrons. The minimum atomic E-state index is 0.0546. The van der Waals surface area contributed by atoms with E-state index in [0.717, 1.165) is 27.5 Å². The third-order valence-electron chi connectivity index (χ3n) is 11.7. The lowest BCUT2D eigenvalue weighted by Crippen LogP contribution is -2.28. The maximum atomic E-state index is 6.66. The van der Waals surface area contributed by atoms with Crippen LogP contribution in [0.15, 0.2) is 162 Å². The number of hydrogen-bond donors (Lipinski definition) is 0. The van der Waals surface area contributed by atoms with Gasteiger partial charge < -0.3 is 9.32 Å². The smallest absolute Gasteiger partial charge is 0.143 e. The van der Waals surface area contributed by atoms with Crippen LogP contribution in [0.2, 0.25) is 0 Å². The van der Waals surface area contributed by atoms with E-state index in [1.807, 2.05) is 0 Å². The minimum absolute atomic E-state index is 0.0546. The Morgan fingerprint density at radius 3 is 2.08 bits per heavy atom. The molecule has 1 aromatic heterocycles. The van der Waals surface area contributed by atoms with Crippen LogP contribution >= 0.6 is 0 Å². The van der Waals surface area contributed by atoms with E-state index in [9.17, 15) is 0 Å². The van der Waals surface area contributed by atoms with Crippen molar-refractivity contribution in [2.45, 2.75) is 38.1 Å². The highest BCUT2D eigenvalue weighted by molar-refractivity contribution is 6.29. The standard InChI is InChI=1S/C50H37NO/c1-50(2,3)33-27-31-21-25-38-42(30-19-23-34(24-20-30)51-44-16-7-4-11-35(44)36-12-5-8-17-45(36)51)29-43(39-26-22-32(28-33)47(31)48(38)39)41-15-10-14-40-37-13-6-9-18-46(37)52-49(40)41/h4-29,35,44H,1-3H3. The van der Waals surface area contributed by atoms with Crippen LogP contribution in [0, 0.1) is 0 Å². The molecule has 2 unspecified atom stereocenters. The monoisotopic (exact) mass is 667 g/mol. The van der Waals surface area contributed by atoms with Gasteiger partial charge in [0.25, 0.3) is 0 Å². The molecule has 1 aliphatic heterocycles. The number of benzene rings is 8. The van der Waals surface area contributed by atoms with Crippen molar-refractivity contribution in [2.75, 3.05) is 4.90 Å². The van der Waals surface area contributed by atoms with Crippen LogP contribution in [-0.4, -0.2) is 6.04 Å². The van der Waals surface area contributed by atoms with Crippen LogP contribution in [0.25, 0.3) is 76.5 Å². The Hall–Kier alpha value is -6.12. The SMILES string of the molecule is CC(C)(C)c1cc2ccc3c(-c4ccc(N5c6ccccc6C6C=CC=CC65)cc4)cc(-c4cccc5c4oc4ccccc45)c4ccc(c1)c2c34. The molecule has 0 amide bonds. The fraction of sp³-hybridized carbons (Fsp3) is 0.120. The molecule has 11 rings (SSSR count). The van der Waals surface area contributed by atoms with Crippen molar-refractivity contribution in [3.8, 4) is 22.3 Å². The van der Waals surface area contributed by atoms with Crippen LogP contribution in [-0.2, 0) is 5.41 Å². The number of allylic oxidation sites excluding steroid dienone is 2. The Morgan fingerprint density at radius 2 is 1.27 bits per heavy atom. The largest absolute Gasteiger partial charge is 0.455 e. The molecule has 2 heterocycles. The molecular formula is C50H37NO. The zero-order valence-corrected chi connectivity index (χ0v) is 29.5. The van der Waals surface area contributed by atoms with Gasteiger partial charge in [-0.15, -0.1) is 0 Å². The van der Waals surface area contributed by atoms with E-state index in [1.54, 1.807) is 0 Å². The third kappa shape index (κ3) is 4.18. The number of fused-ring (bicyclic) bond motifs is 6. The van der Waals surface area contributed by atoms with Crippen molar-refractivity contribution in [3.63, 3.8) is 0 Å². The van der Waals surface area contributed by atoms with Gasteiger partial charge in [0.1, 0.15) is 11.2 Å². The maximum Gasteiger partial charge on any atom is 0.143 e. The highest BCUT2D eigenvalue weighted by Gasteiger charge is 2.37. The molecule has 2 heteroatoms. The van der Waals surface area contributed by atoms with Gasteiger partial charge in [-0.3, -0.25) is 0 Å². The third-order valence-corrected chi connectivity index (χ3v) is 11.7. The van der Waals surface area contributed by atoms with E-state index in [2.05, 4.69) is 183 Å². The summed E-state index contributed by atoms with van der Waals surface area (Å²) >= 11 is 0. The molecule has 0 bridgehead atoms. The molecule has 8 aromatic carbocycles. The zero-order valence-electron chi connectivity index (χ0n) is 29.5. The maximum absolute atomic E-state index is 6.66. The van der Waals surface area contributed by atoms with Crippen molar-refractivity contribution >= 4 is 65.6 Å². The van der Waals surface area contributed by atoms with E-state index in [0.29, 0.717) is 5.92 Å². The fourth-order valence-corrected chi connectivity index (χ4v) is 9.16. The molecule has 0 fully saturated rings. The minimum Gasteiger partial charge on any atom is -0.455 e. The van der Waals surface area contributed by atoms with Gasteiger partial charge in [-0.25, -0.2) is 0 Å². The van der Waals surface area contributed by atoms with Gasteiger partial charge in [-0.2, -0.15) is 0 Å². The average molecular weight is 668 g/mol. The van der Waals surface area contributed by atoms with Gasteiger partial charge in [0.15, 0.2) is 0 Å². The van der Waals surface area contributed by atoms with Gasteiger partial charge in [0.2, 0.25) is 0 Å². The van der Waals surface area contributed by atoms with Gasteiger partial charge in [-0.1, -0.05) is 148 Å².